The van der Waals surface area contributed by atoms with Crippen LogP contribution >= 0.6 is 0 Å². The fourth-order valence-electron chi connectivity index (χ4n) is 2.67. The van der Waals surface area contributed by atoms with Gasteiger partial charge in [0.1, 0.15) is 5.69 Å². The highest BCUT2D eigenvalue weighted by Gasteiger charge is 2.24. The van der Waals surface area contributed by atoms with E-state index in [0.29, 0.717) is 18.8 Å². The number of pyridine rings is 2. The molecular weight excluding hydrogens is 306 g/mol. The highest BCUT2D eigenvalue weighted by atomic mass is 16.2. The molecule has 0 bridgehead atoms. The molecular formula is C16H15N7O. The summed E-state index contributed by atoms with van der Waals surface area (Å²) in [5.74, 6) is 0.263. The summed E-state index contributed by atoms with van der Waals surface area (Å²) in [4.78, 5) is 22.2. The van der Waals surface area contributed by atoms with E-state index in [1.165, 1.54) is 0 Å². The topological polar surface area (TPSA) is 102 Å². The van der Waals surface area contributed by atoms with Crippen LogP contribution in [-0.2, 0) is 13.1 Å². The Labute approximate surface area is 137 Å². The van der Waals surface area contributed by atoms with Gasteiger partial charge in [-0.05, 0) is 29.3 Å². The summed E-state index contributed by atoms with van der Waals surface area (Å²) in [6.07, 6.45) is 8.55. The van der Waals surface area contributed by atoms with Crippen molar-refractivity contribution in [3.05, 3.63) is 60.3 Å². The molecule has 0 atom stereocenters. The number of fused-ring (bicyclic) bond motifs is 1. The van der Waals surface area contributed by atoms with Gasteiger partial charge in [-0.15, -0.1) is 5.10 Å². The molecule has 0 aromatic carbocycles. The second-order valence-corrected chi connectivity index (χ2v) is 5.51. The lowest BCUT2D eigenvalue weighted by molar-refractivity contribution is 0.212. The third kappa shape index (κ3) is 2.54. The lowest BCUT2D eigenvalue weighted by Gasteiger charge is -2.15. The molecule has 24 heavy (non-hydrogen) atoms. The smallest absolute Gasteiger partial charge is 0.322 e. The molecule has 3 aromatic heterocycles. The molecule has 0 saturated heterocycles. The van der Waals surface area contributed by atoms with E-state index in [2.05, 4.69) is 20.4 Å². The second kappa shape index (κ2) is 5.65. The Kier molecular flexibility index (Phi) is 3.34. The molecule has 0 spiro atoms. The average molecular weight is 321 g/mol. The van der Waals surface area contributed by atoms with E-state index in [1.54, 1.807) is 40.6 Å². The van der Waals surface area contributed by atoms with Crippen molar-refractivity contribution in [3.8, 4) is 5.69 Å². The van der Waals surface area contributed by atoms with Gasteiger partial charge in [0.2, 0.25) is 0 Å². The van der Waals surface area contributed by atoms with Crippen LogP contribution in [0.2, 0.25) is 0 Å². The van der Waals surface area contributed by atoms with Crippen LogP contribution in [0.3, 0.4) is 0 Å². The molecule has 0 aliphatic carbocycles. The van der Waals surface area contributed by atoms with Crippen molar-refractivity contribution in [1.29, 1.82) is 0 Å². The summed E-state index contributed by atoms with van der Waals surface area (Å²) in [7, 11) is 0. The fraction of sp³-hybridized carbons (Fsp3) is 0.125. The summed E-state index contributed by atoms with van der Waals surface area (Å²) in [5.41, 5.74) is 9.39. The maximum atomic E-state index is 12.5. The molecule has 120 valence electrons. The van der Waals surface area contributed by atoms with Gasteiger partial charge in [-0.3, -0.25) is 9.97 Å². The van der Waals surface area contributed by atoms with Crippen LogP contribution < -0.4 is 11.1 Å². The molecule has 1 aliphatic heterocycles. The number of carbonyl (C=O) groups is 1. The molecule has 0 unspecified atom stereocenters. The molecule has 0 radical (unpaired) electrons. The zero-order chi connectivity index (χ0) is 16.5. The molecule has 8 nitrogen and oxygen atoms in total. The molecule has 3 aromatic rings. The molecule has 8 heteroatoms. The van der Waals surface area contributed by atoms with Crippen LogP contribution in [0.1, 0.15) is 11.1 Å². The molecule has 0 saturated carbocycles. The Hall–Kier alpha value is -3.42. The zero-order valence-corrected chi connectivity index (χ0v) is 12.8. The summed E-state index contributed by atoms with van der Waals surface area (Å²) in [6, 6.07) is 5.33. The molecule has 0 fully saturated rings. The van der Waals surface area contributed by atoms with Gasteiger partial charge in [0.05, 0.1) is 11.9 Å². The number of urea groups is 1. The first-order valence-corrected chi connectivity index (χ1v) is 7.44. The Bertz CT molecular complexity index is 865. The number of carbonyl (C=O) groups excluding carboxylic acids is 1. The van der Waals surface area contributed by atoms with Gasteiger partial charge in [-0.2, -0.15) is 0 Å². The van der Waals surface area contributed by atoms with Gasteiger partial charge >= 0.3 is 6.03 Å². The Balaban J connectivity index is 1.50. The summed E-state index contributed by atoms with van der Waals surface area (Å²) < 4.78 is 1.61. The lowest BCUT2D eigenvalue weighted by atomic mass is 10.2. The predicted octanol–water partition coefficient (Wildman–Crippen LogP) is 1.79. The van der Waals surface area contributed by atoms with Crippen molar-refractivity contribution >= 4 is 17.5 Å². The summed E-state index contributed by atoms with van der Waals surface area (Å²) in [6.45, 7) is 1.09. The van der Waals surface area contributed by atoms with E-state index in [4.69, 9.17) is 5.73 Å². The number of nitrogens with zero attached hydrogens (tertiary/aromatic N) is 5. The predicted molar refractivity (Wildman–Crippen MR) is 88.3 cm³/mol. The van der Waals surface area contributed by atoms with Crippen molar-refractivity contribution in [2.24, 2.45) is 0 Å². The largest absolute Gasteiger partial charge is 0.380 e. The fourth-order valence-corrected chi connectivity index (χ4v) is 2.67. The van der Waals surface area contributed by atoms with Crippen molar-refractivity contribution in [2.75, 3.05) is 11.1 Å². The first-order chi connectivity index (χ1) is 11.7. The van der Waals surface area contributed by atoms with E-state index in [1.807, 2.05) is 18.2 Å². The van der Waals surface area contributed by atoms with E-state index in [0.717, 1.165) is 16.8 Å². The zero-order valence-electron chi connectivity index (χ0n) is 12.8. The van der Waals surface area contributed by atoms with E-state index >= 15 is 0 Å². The van der Waals surface area contributed by atoms with Crippen molar-refractivity contribution in [3.63, 3.8) is 0 Å². The number of nitrogens with one attached hydrogen (secondary N) is 1. The van der Waals surface area contributed by atoms with Gasteiger partial charge in [-0.25, -0.2) is 9.48 Å². The average Bonchev–Trinajstić information content (AvgIpc) is 3.20. The maximum Gasteiger partial charge on any atom is 0.322 e. The SMILES string of the molecule is Nc1nn(-c2ccncc2)cc1NC(=O)N1Cc2ccncc2C1. The van der Waals surface area contributed by atoms with Crippen LogP contribution in [0.5, 0.6) is 0 Å². The van der Waals surface area contributed by atoms with Gasteiger partial charge < -0.3 is 16.0 Å². The molecule has 4 heterocycles. The first-order valence-electron chi connectivity index (χ1n) is 7.44. The van der Waals surface area contributed by atoms with Crippen LogP contribution in [0.25, 0.3) is 5.69 Å². The van der Waals surface area contributed by atoms with E-state index in [9.17, 15) is 4.79 Å². The molecule has 2 amide bonds. The molecule has 4 rings (SSSR count). The molecule has 3 N–H and O–H groups in total. The minimum atomic E-state index is -0.216. The lowest BCUT2D eigenvalue weighted by Crippen LogP contribution is -2.30. The number of rotatable bonds is 2. The quantitative estimate of drug-likeness (QED) is 0.749. The van der Waals surface area contributed by atoms with Crippen LogP contribution in [0, 0.1) is 0 Å². The van der Waals surface area contributed by atoms with Crippen LogP contribution in [0.4, 0.5) is 16.3 Å². The Morgan fingerprint density at radius 2 is 1.83 bits per heavy atom. The minimum Gasteiger partial charge on any atom is -0.380 e. The summed E-state index contributed by atoms with van der Waals surface area (Å²) in [5, 5.41) is 7.04. The second-order valence-electron chi connectivity index (χ2n) is 5.51. The Morgan fingerprint density at radius 3 is 2.62 bits per heavy atom. The van der Waals surface area contributed by atoms with E-state index in [-0.39, 0.29) is 11.8 Å². The van der Waals surface area contributed by atoms with Crippen LogP contribution in [-0.4, -0.2) is 30.7 Å². The molecule has 1 aliphatic rings. The monoisotopic (exact) mass is 321 g/mol. The summed E-state index contributed by atoms with van der Waals surface area (Å²) >= 11 is 0. The van der Waals surface area contributed by atoms with Crippen LogP contribution in [0.15, 0.2) is 49.2 Å². The number of nitrogens with two attached hydrogens (primary N) is 1. The number of hydrogen-bond acceptors (Lipinski definition) is 5. The third-order valence-corrected chi connectivity index (χ3v) is 3.93. The maximum absolute atomic E-state index is 12.5. The van der Waals surface area contributed by atoms with Gasteiger partial charge in [0, 0.05) is 37.9 Å². The number of amides is 2. The standard InChI is InChI=1S/C16H15N7O/c17-15-14(10-23(21-15)13-2-5-18-6-3-13)20-16(24)22-8-11-1-4-19-7-12(11)9-22/h1-7,10H,8-9H2,(H2,17,21)(H,20,24). The number of anilines is 2. The van der Waals surface area contributed by atoms with Gasteiger partial charge in [-0.1, -0.05) is 0 Å². The Morgan fingerprint density at radius 1 is 1.08 bits per heavy atom. The minimum absolute atomic E-state index is 0.216. The van der Waals surface area contributed by atoms with Crippen molar-refractivity contribution in [2.45, 2.75) is 13.1 Å². The van der Waals surface area contributed by atoms with Crippen molar-refractivity contribution in [1.82, 2.24) is 24.6 Å². The van der Waals surface area contributed by atoms with E-state index < -0.39 is 0 Å². The number of aromatic nitrogens is 4. The number of hydrogen-bond donors (Lipinski definition) is 2. The van der Waals surface area contributed by atoms with Crippen molar-refractivity contribution < 1.29 is 4.79 Å². The third-order valence-electron chi connectivity index (χ3n) is 3.93. The van der Waals surface area contributed by atoms with Gasteiger partial charge in [0.15, 0.2) is 5.82 Å². The number of nitrogen functional groups attached to an aromatic ring is 1. The van der Waals surface area contributed by atoms with Gasteiger partial charge in [0.25, 0.3) is 0 Å². The normalized spacial score (nSPS) is 12.9. The first kappa shape index (κ1) is 14.2. The highest BCUT2D eigenvalue weighted by molar-refractivity contribution is 5.92. The highest BCUT2D eigenvalue weighted by Crippen LogP contribution is 2.24.